The lowest BCUT2D eigenvalue weighted by atomic mass is 10.1. The molecule has 0 bridgehead atoms. The van der Waals surface area contributed by atoms with E-state index < -0.39 is 22.7 Å². The molecule has 0 saturated carbocycles. The van der Waals surface area contributed by atoms with Gasteiger partial charge >= 0.3 is 0 Å². The summed E-state index contributed by atoms with van der Waals surface area (Å²) in [6.45, 7) is 1.75. The summed E-state index contributed by atoms with van der Waals surface area (Å²) >= 11 is 0. The molecular formula is C24H19FN2O3S. The molecule has 0 radical (unpaired) electrons. The van der Waals surface area contributed by atoms with Crippen molar-refractivity contribution in [3.8, 4) is 11.1 Å². The molecule has 31 heavy (non-hydrogen) atoms. The molecule has 156 valence electrons. The number of furan rings is 1. The number of nitrogens with one attached hydrogen (secondary N) is 1. The second kappa shape index (κ2) is 8.00. The summed E-state index contributed by atoms with van der Waals surface area (Å²) in [5.74, 6) is -1.19. The van der Waals surface area contributed by atoms with Gasteiger partial charge in [0.1, 0.15) is 11.4 Å². The smallest absolute Gasteiger partial charge is 0.298 e. The first-order valence-electron chi connectivity index (χ1n) is 9.95. The largest absolute Gasteiger partial charge is 0.451 e. The van der Waals surface area contributed by atoms with E-state index in [4.69, 9.17) is 4.42 Å². The van der Waals surface area contributed by atoms with E-state index >= 15 is 0 Å². The minimum Gasteiger partial charge on any atom is -0.451 e. The van der Waals surface area contributed by atoms with Crippen molar-refractivity contribution in [3.05, 3.63) is 84.4 Å². The highest BCUT2D eigenvalue weighted by atomic mass is 32.2. The van der Waals surface area contributed by atoms with Crippen LogP contribution in [-0.2, 0) is 11.0 Å². The summed E-state index contributed by atoms with van der Waals surface area (Å²) in [6.07, 6.45) is 1.07. The zero-order chi connectivity index (χ0) is 21.4. The van der Waals surface area contributed by atoms with E-state index in [1.165, 1.54) is 12.1 Å². The van der Waals surface area contributed by atoms with Crippen LogP contribution >= 0.6 is 0 Å². The first-order chi connectivity index (χ1) is 15.1. The molecule has 1 N–H and O–H groups in total. The Morgan fingerprint density at radius 3 is 2.48 bits per heavy atom. The zero-order valence-corrected chi connectivity index (χ0v) is 17.3. The van der Waals surface area contributed by atoms with Gasteiger partial charge in [-0.25, -0.2) is 8.60 Å². The van der Waals surface area contributed by atoms with Crippen molar-refractivity contribution in [1.29, 1.82) is 0 Å². The minimum atomic E-state index is -1.82. The Kier molecular flexibility index (Phi) is 5.03. The summed E-state index contributed by atoms with van der Waals surface area (Å²) in [5, 5.41) is 0.227. The van der Waals surface area contributed by atoms with Gasteiger partial charge in [-0.3, -0.25) is 9.52 Å². The number of anilines is 1. The predicted molar refractivity (Wildman–Crippen MR) is 119 cm³/mol. The van der Waals surface area contributed by atoms with Gasteiger partial charge in [-0.05, 0) is 29.7 Å². The molecule has 5 rings (SSSR count). The van der Waals surface area contributed by atoms with Crippen LogP contribution in [0.2, 0.25) is 0 Å². The predicted octanol–water partition coefficient (Wildman–Crippen LogP) is 4.90. The average molecular weight is 434 g/mol. The first kappa shape index (κ1) is 19.5. The van der Waals surface area contributed by atoms with E-state index in [0.717, 1.165) is 36.3 Å². The van der Waals surface area contributed by atoms with Gasteiger partial charge in [0.25, 0.3) is 5.91 Å². The van der Waals surface area contributed by atoms with Crippen LogP contribution in [0.3, 0.4) is 0 Å². The molecule has 1 atom stereocenters. The molecule has 1 aliphatic rings. The quantitative estimate of drug-likeness (QED) is 0.485. The van der Waals surface area contributed by atoms with Crippen LogP contribution in [0.25, 0.3) is 22.1 Å². The number of rotatable bonds is 5. The van der Waals surface area contributed by atoms with E-state index in [9.17, 15) is 13.4 Å². The lowest BCUT2D eigenvalue weighted by Crippen LogP contribution is -2.36. The molecule has 7 heteroatoms. The molecule has 5 nitrogen and oxygen atoms in total. The topological polar surface area (TPSA) is 62.6 Å². The van der Waals surface area contributed by atoms with Gasteiger partial charge in [0, 0.05) is 30.9 Å². The summed E-state index contributed by atoms with van der Waals surface area (Å²) in [5.41, 5.74) is 2.68. The molecule has 1 unspecified atom stereocenters. The minimum absolute atomic E-state index is 0.0831. The fraction of sp³-hybridized carbons (Fsp3) is 0.125. The Morgan fingerprint density at radius 1 is 1.00 bits per heavy atom. The van der Waals surface area contributed by atoms with Crippen LogP contribution in [0.5, 0.6) is 0 Å². The second-order valence-corrected chi connectivity index (χ2v) is 8.53. The van der Waals surface area contributed by atoms with Crippen molar-refractivity contribution in [2.24, 2.45) is 0 Å². The molecule has 0 spiro atoms. The standard InChI is InChI=1S/C24H19FN2O3S/c25-20-13-17(27-11-6-12-27)14-21-19(20)15-22(30-21)24(28)26-31(29)23-10-5-4-9-18(23)16-7-2-1-3-8-16/h1-5,7-10,13-15H,6,11-12H2,(H,26,28). The molecule has 1 fully saturated rings. The zero-order valence-electron chi connectivity index (χ0n) is 16.5. The molecule has 0 aliphatic carbocycles. The highest BCUT2D eigenvalue weighted by Crippen LogP contribution is 2.30. The van der Waals surface area contributed by atoms with E-state index in [-0.39, 0.29) is 11.1 Å². The summed E-state index contributed by atoms with van der Waals surface area (Å²) in [7, 11) is -1.82. The van der Waals surface area contributed by atoms with Crippen LogP contribution in [0.1, 0.15) is 17.0 Å². The number of nitrogens with zero attached hydrogens (tertiary/aromatic N) is 1. The molecular weight excluding hydrogens is 415 g/mol. The fourth-order valence-electron chi connectivity index (χ4n) is 3.63. The Morgan fingerprint density at radius 2 is 1.74 bits per heavy atom. The molecule has 1 saturated heterocycles. The molecule has 1 aromatic heterocycles. The van der Waals surface area contributed by atoms with E-state index in [0.29, 0.717) is 10.5 Å². The number of halogens is 1. The van der Waals surface area contributed by atoms with Gasteiger partial charge < -0.3 is 9.32 Å². The lowest BCUT2D eigenvalue weighted by Gasteiger charge is -2.33. The van der Waals surface area contributed by atoms with Crippen molar-refractivity contribution in [1.82, 2.24) is 4.72 Å². The monoisotopic (exact) mass is 434 g/mol. The number of hydrogen-bond acceptors (Lipinski definition) is 4. The fourth-order valence-corrected chi connectivity index (χ4v) is 4.59. The van der Waals surface area contributed by atoms with Gasteiger partial charge in [0.2, 0.25) is 0 Å². The van der Waals surface area contributed by atoms with Crippen molar-refractivity contribution in [2.75, 3.05) is 18.0 Å². The van der Waals surface area contributed by atoms with Crippen molar-refractivity contribution in [3.63, 3.8) is 0 Å². The van der Waals surface area contributed by atoms with Crippen LogP contribution in [0.4, 0.5) is 10.1 Å². The maximum atomic E-state index is 14.5. The van der Waals surface area contributed by atoms with Gasteiger partial charge in [0.15, 0.2) is 16.7 Å². The van der Waals surface area contributed by atoms with Gasteiger partial charge in [-0.2, -0.15) is 0 Å². The highest BCUT2D eigenvalue weighted by Gasteiger charge is 2.21. The molecule has 4 aromatic rings. The third-order valence-corrected chi connectivity index (χ3v) is 6.50. The van der Waals surface area contributed by atoms with Gasteiger partial charge in [-0.15, -0.1) is 0 Å². The summed E-state index contributed by atoms with van der Waals surface area (Å²) in [6, 6.07) is 21.2. The molecule has 1 aliphatic heterocycles. The van der Waals surface area contributed by atoms with E-state index in [1.54, 1.807) is 18.2 Å². The molecule has 1 amide bonds. The Bertz CT molecular complexity index is 1300. The number of hydrogen-bond donors (Lipinski definition) is 1. The van der Waals surface area contributed by atoms with Gasteiger partial charge in [0.05, 0.1) is 10.3 Å². The third-order valence-electron chi connectivity index (χ3n) is 5.37. The summed E-state index contributed by atoms with van der Waals surface area (Å²) in [4.78, 5) is 15.2. The van der Waals surface area contributed by atoms with Crippen molar-refractivity contribution in [2.45, 2.75) is 11.3 Å². The van der Waals surface area contributed by atoms with Crippen LogP contribution in [-0.4, -0.2) is 23.2 Å². The number of carbonyl (C=O) groups is 1. The van der Waals surface area contributed by atoms with Crippen LogP contribution in [0, 0.1) is 5.82 Å². The Balaban J connectivity index is 1.41. The Hall–Kier alpha value is -3.45. The van der Waals surface area contributed by atoms with Crippen molar-refractivity contribution >= 4 is 33.5 Å². The number of carbonyl (C=O) groups excluding carboxylic acids is 1. The first-order valence-corrected chi connectivity index (χ1v) is 11.1. The van der Waals surface area contributed by atoms with Crippen LogP contribution in [0.15, 0.2) is 82.1 Å². The highest BCUT2D eigenvalue weighted by molar-refractivity contribution is 7.83. The summed E-state index contributed by atoms with van der Waals surface area (Å²) < 4.78 is 35.6. The van der Waals surface area contributed by atoms with E-state index in [2.05, 4.69) is 4.72 Å². The molecule has 3 aromatic carbocycles. The number of amides is 1. The Labute approximate surface area is 181 Å². The SMILES string of the molecule is O=C(NS(=O)c1ccccc1-c1ccccc1)c1cc2c(F)cc(N3CCC3)cc2o1. The maximum Gasteiger partial charge on any atom is 0.298 e. The number of benzene rings is 3. The maximum absolute atomic E-state index is 14.5. The lowest BCUT2D eigenvalue weighted by molar-refractivity contribution is 0.0958. The van der Waals surface area contributed by atoms with Crippen LogP contribution < -0.4 is 9.62 Å². The number of fused-ring (bicyclic) bond motifs is 1. The second-order valence-electron chi connectivity index (χ2n) is 7.35. The normalized spacial score (nSPS) is 14.3. The van der Waals surface area contributed by atoms with Crippen molar-refractivity contribution < 1.29 is 17.8 Å². The van der Waals surface area contributed by atoms with Gasteiger partial charge in [-0.1, -0.05) is 48.5 Å². The molecule has 2 heterocycles. The third kappa shape index (κ3) is 3.72. The van der Waals surface area contributed by atoms with E-state index in [1.807, 2.05) is 47.4 Å². The average Bonchev–Trinajstić information content (AvgIpc) is 3.18.